The van der Waals surface area contributed by atoms with E-state index in [1.54, 1.807) is 23.7 Å². The summed E-state index contributed by atoms with van der Waals surface area (Å²) in [4.78, 5) is 16.5. The number of nitrogens with zero attached hydrogens (tertiary/aromatic N) is 2. The highest BCUT2D eigenvalue weighted by molar-refractivity contribution is 7.12. The van der Waals surface area contributed by atoms with E-state index in [4.69, 9.17) is 0 Å². The third kappa shape index (κ3) is 4.07. The highest BCUT2D eigenvalue weighted by Gasteiger charge is 2.09. The maximum Gasteiger partial charge on any atom is 0.251 e. The highest BCUT2D eigenvalue weighted by atomic mass is 32.1. The molecule has 0 atom stereocenters. The Morgan fingerprint density at radius 1 is 0.963 bits per heavy atom. The summed E-state index contributed by atoms with van der Waals surface area (Å²) in [5, 5.41) is 9.43. The van der Waals surface area contributed by atoms with Crippen molar-refractivity contribution in [1.82, 2.24) is 14.9 Å². The number of carbonyl (C=O) groups is 1. The van der Waals surface area contributed by atoms with Crippen molar-refractivity contribution < 1.29 is 4.79 Å². The molecule has 4 rings (SSSR count). The maximum absolute atomic E-state index is 12.5. The molecule has 0 radical (unpaired) electrons. The zero-order chi connectivity index (χ0) is 18.5. The van der Waals surface area contributed by atoms with Crippen LogP contribution in [0.1, 0.15) is 15.9 Å². The number of pyridine rings is 1. The van der Waals surface area contributed by atoms with E-state index in [0.29, 0.717) is 12.1 Å². The molecule has 6 heteroatoms. The first-order valence-electron chi connectivity index (χ1n) is 8.54. The van der Waals surface area contributed by atoms with E-state index in [-0.39, 0.29) is 5.91 Å². The van der Waals surface area contributed by atoms with Crippen LogP contribution in [0, 0.1) is 0 Å². The quantitative estimate of drug-likeness (QED) is 0.518. The van der Waals surface area contributed by atoms with Gasteiger partial charge in [0.05, 0.1) is 0 Å². The van der Waals surface area contributed by atoms with Crippen LogP contribution < -0.4 is 10.6 Å². The third-order valence-electron chi connectivity index (χ3n) is 4.12. The molecule has 3 aromatic heterocycles. The molecule has 0 saturated heterocycles. The summed E-state index contributed by atoms with van der Waals surface area (Å²) in [6.45, 7) is 0.493. The SMILES string of the molecule is O=C(NCc1ccsc1-n1cccc1)c1ccc(Nc2ccncc2)cc1. The minimum atomic E-state index is -0.0879. The lowest BCUT2D eigenvalue weighted by Crippen LogP contribution is -2.23. The smallest absolute Gasteiger partial charge is 0.251 e. The summed E-state index contributed by atoms with van der Waals surface area (Å²) in [6, 6.07) is 17.2. The van der Waals surface area contributed by atoms with Crippen molar-refractivity contribution in [2.75, 3.05) is 5.32 Å². The number of hydrogen-bond donors (Lipinski definition) is 2. The van der Waals surface area contributed by atoms with Gasteiger partial charge in [-0.2, -0.15) is 0 Å². The van der Waals surface area contributed by atoms with Crippen LogP contribution in [0.2, 0.25) is 0 Å². The molecular formula is C21H18N4OS. The first-order valence-corrected chi connectivity index (χ1v) is 9.42. The molecule has 2 N–H and O–H groups in total. The molecule has 0 bridgehead atoms. The van der Waals surface area contributed by atoms with Crippen LogP contribution in [-0.4, -0.2) is 15.5 Å². The monoisotopic (exact) mass is 374 g/mol. The predicted octanol–water partition coefficient (Wildman–Crippen LogP) is 4.61. The maximum atomic E-state index is 12.5. The zero-order valence-corrected chi connectivity index (χ0v) is 15.3. The van der Waals surface area contributed by atoms with Crippen LogP contribution in [-0.2, 0) is 6.54 Å². The van der Waals surface area contributed by atoms with Crippen molar-refractivity contribution in [2.45, 2.75) is 6.54 Å². The van der Waals surface area contributed by atoms with Gasteiger partial charge in [-0.15, -0.1) is 11.3 Å². The number of nitrogens with one attached hydrogen (secondary N) is 2. The van der Waals surface area contributed by atoms with Gasteiger partial charge in [0.2, 0.25) is 0 Å². The number of benzene rings is 1. The van der Waals surface area contributed by atoms with Gasteiger partial charge in [0.1, 0.15) is 5.00 Å². The number of carbonyl (C=O) groups excluding carboxylic acids is 1. The molecular weight excluding hydrogens is 356 g/mol. The van der Waals surface area contributed by atoms with Crippen LogP contribution in [0.25, 0.3) is 5.00 Å². The molecule has 1 amide bonds. The summed E-state index contributed by atoms with van der Waals surface area (Å²) in [5.74, 6) is -0.0879. The molecule has 0 fully saturated rings. The van der Waals surface area contributed by atoms with Crippen molar-refractivity contribution >= 4 is 28.6 Å². The van der Waals surface area contributed by atoms with Crippen LogP contribution in [0.4, 0.5) is 11.4 Å². The van der Waals surface area contributed by atoms with Gasteiger partial charge in [-0.25, -0.2) is 0 Å². The van der Waals surface area contributed by atoms with Gasteiger partial charge in [-0.3, -0.25) is 9.78 Å². The standard InChI is InChI=1S/C21H18N4OS/c26-20(23-15-17-9-14-27-21(17)25-12-1-2-13-25)16-3-5-18(6-4-16)24-19-7-10-22-11-8-19/h1-14H,15H2,(H,22,24)(H,23,26). The number of rotatable bonds is 6. The molecule has 134 valence electrons. The highest BCUT2D eigenvalue weighted by Crippen LogP contribution is 2.22. The van der Waals surface area contributed by atoms with E-state index in [0.717, 1.165) is 21.9 Å². The van der Waals surface area contributed by atoms with Crippen LogP contribution in [0.15, 0.2) is 84.8 Å². The van der Waals surface area contributed by atoms with Crippen molar-refractivity contribution in [2.24, 2.45) is 0 Å². The molecule has 0 unspecified atom stereocenters. The Kier molecular flexibility index (Phi) is 4.98. The average Bonchev–Trinajstić information content (AvgIpc) is 3.39. The number of hydrogen-bond acceptors (Lipinski definition) is 4. The van der Waals surface area contributed by atoms with E-state index >= 15 is 0 Å². The summed E-state index contributed by atoms with van der Waals surface area (Å²) < 4.78 is 2.06. The Labute approximate surface area is 161 Å². The van der Waals surface area contributed by atoms with Crippen molar-refractivity contribution in [1.29, 1.82) is 0 Å². The summed E-state index contributed by atoms with van der Waals surface area (Å²) in [7, 11) is 0. The molecule has 5 nitrogen and oxygen atoms in total. The van der Waals surface area contributed by atoms with E-state index < -0.39 is 0 Å². The molecule has 27 heavy (non-hydrogen) atoms. The lowest BCUT2D eigenvalue weighted by molar-refractivity contribution is 0.0951. The van der Waals surface area contributed by atoms with Gasteiger partial charge < -0.3 is 15.2 Å². The fourth-order valence-corrected chi connectivity index (χ4v) is 3.64. The van der Waals surface area contributed by atoms with Gasteiger partial charge in [-0.05, 0) is 60.0 Å². The van der Waals surface area contributed by atoms with Gasteiger partial charge in [0, 0.05) is 53.8 Å². The minimum Gasteiger partial charge on any atom is -0.355 e. The Bertz CT molecular complexity index is 1010. The largest absolute Gasteiger partial charge is 0.355 e. The zero-order valence-electron chi connectivity index (χ0n) is 14.5. The molecule has 0 saturated carbocycles. The molecule has 0 aliphatic rings. The molecule has 1 aromatic carbocycles. The van der Waals surface area contributed by atoms with E-state index in [1.807, 2.05) is 72.4 Å². The van der Waals surface area contributed by atoms with Gasteiger partial charge >= 0.3 is 0 Å². The Morgan fingerprint density at radius 2 is 1.67 bits per heavy atom. The van der Waals surface area contributed by atoms with E-state index in [1.165, 1.54) is 0 Å². The van der Waals surface area contributed by atoms with Crippen LogP contribution in [0.5, 0.6) is 0 Å². The average molecular weight is 374 g/mol. The fourth-order valence-electron chi connectivity index (χ4n) is 2.74. The summed E-state index contributed by atoms with van der Waals surface area (Å²) in [5.41, 5.74) is 3.61. The topological polar surface area (TPSA) is 59.0 Å². The van der Waals surface area contributed by atoms with Gasteiger partial charge in [-0.1, -0.05) is 0 Å². The van der Waals surface area contributed by atoms with Crippen molar-refractivity contribution in [3.8, 4) is 5.00 Å². The van der Waals surface area contributed by atoms with Crippen molar-refractivity contribution in [3.63, 3.8) is 0 Å². The number of amides is 1. The fraction of sp³-hybridized carbons (Fsp3) is 0.0476. The molecule has 0 aliphatic carbocycles. The number of aromatic nitrogens is 2. The molecule has 3 heterocycles. The number of anilines is 2. The Morgan fingerprint density at radius 3 is 2.41 bits per heavy atom. The van der Waals surface area contributed by atoms with Crippen molar-refractivity contribution in [3.05, 3.63) is 95.9 Å². The Hall–Kier alpha value is -3.38. The second-order valence-corrected chi connectivity index (χ2v) is 6.86. The van der Waals surface area contributed by atoms with Gasteiger partial charge in [0.25, 0.3) is 5.91 Å². The Balaban J connectivity index is 1.38. The minimum absolute atomic E-state index is 0.0879. The predicted molar refractivity (Wildman–Crippen MR) is 109 cm³/mol. The van der Waals surface area contributed by atoms with E-state index in [2.05, 4.69) is 20.2 Å². The molecule has 0 spiro atoms. The summed E-state index contributed by atoms with van der Waals surface area (Å²) >= 11 is 1.66. The van der Waals surface area contributed by atoms with E-state index in [9.17, 15) is 4.79 Å². The summed E-state index contributed by atoms with van der Waals surface area (Å²) in [6.07, 6.45) is 7.48. The lowest BCUT2D eigenvalue weighted by atomic mass is 10.2. The first kappa shape index (κ1) is 17.1. The second-order valence-electron chi connectivity index (χ2n) is 5.96. The third-order valence-corrected chi connectivity index (χ3v) is 5.09. The number of thiophene rings is 1. The normalized spacial score (nSPS) is 10.5. The first-order chi connectivity index (χ1) is 13.3. The van der Waals surface area contributed by atoms with Crippen LogP contribution in [0.3, 0.4) is 0 Å². The molecule has 4 aromatic rings. The lowest BCUT2D eigenvalue weighted by Gasteiger charge is -2.09. The van der Waals surface area contributed by atoms with Crippen LogP contribution >= 0.6 is 11.3 Å². The second kappa shape index (κ2) is 7.88. The molecule has 0 aliphatic heterocycles. The van der Waals surface area contributed by atoms with Gasteiger partial charge in [0.15, 0.2) is 0 Å².